The summed E-state index contributed by atoms with van der Waals surface area (Å²) in [5, 5.41) is 14.4. The van der Waals surface area contributed by atoms with Gasteiger partial charge in [0.1, 0.15) is 5.82 Å². The van der Waals surface area contributed by atoms with Gasteiger partial charge in [-0.1, -0.05) is 0 Å². The summed E-state index contributed by atoms with van der Waals surface area (Å²) >= 11 is 0. The van der Waals surface area contributed by atoms with Gasteiger partial charge in [0.25, 0.3) is 5.91 Å². The van der Waals surface area contributed by atoms with Crippen LogP contribution in [0.2, 0.25) is 0 Å². The Balaban J connectivity index is 2.24. The van der Waals surface area contributed by atoms with E-state index >= 15 is 0 Å². The number of ether oxygens (including phenoxy) is 1. The van der Waals surface area contributed by atoms with Crippen molar-refractivity contribution >= 4 is 17.6 Å². The van der Waals surface area contributed by atoms with E-state index in [1.807, 2.05) is 0 Å². The molecule has 3 N–H and O–H groups in total. The van der Waals surface area contributed by atoms with Crippen molar-refractivity contribution in [3.63, 3.8) is 0 Å². The SMILES string of the molecule is CNC(=O)c1ccc(N[C@]2(C(=O)O)CCOC2)cc1F. The van der Waals surface area contributed by atoms with E-state index in [-0.39, 0.29) is 12.2 Å². The molecule has 20 heavy (non-hydrogen) atoms. The van der Waals surface area contributed by atoms with Gasteiger partial charge in [0.15, 0.2) is 5.54 Å². The maximum absolute atomic E-state index is 13.8. The normalized spacial score (nSPS) is 21.5. The fraction of sp³-hybridized carbons (Fsp3) is 0.385. The molecule has 1 atom stereocenters. The summed E-state index contributed by atoms with van der Waals surface area (Å²) in [4.78, 5) is 22.7. The Labute approximate surface area is 114 Å². The molecule has 1 aliphatic rings. The van der Waals surface area contributed by atoms with E-state index in [4.69, 9.17) is 4.74 Å². The van der Waals surface area contributed by atoms with Crippen LogP contribution in [0.15, 0.2) is 18.2 Å². The molecule has 1 aliphatic heterocycles. The lowest BCUT2D eigenvalue weighted by Crippen LogP contribution is -2.47. The Morgan fingerprint density at radius 2 is 2.20 bits per heavy atom. The fourth-order valence-corrected chi connectivity index (χ4v) is 2.07. The number of carboxylic acids is 1. The summed E-state index contributed by atoms with van der Waals surface area (Å²) in [6, 6.07) is 3.88. The van der Waals surface area contributed by atoms with Gasteiger partial charge < -0.3 is 20.5 Å². The average molecular weight is 282 g/mol. The molecule has 6 nitrogen and oxygen atoms in total. The second-order valence-corrected chi connectivity index (χ2v) is 4.59. The van der Waals surface area contributed by atoms with Crippen molar-refractivity contribution in [3.05, 3.63) is 29.6 Å². The van der Waals surface area contributed by atoms with Gasteiger partial charge in [-0.15, -0.1) is 0 Å². The second kappa shape index (κ2) is 5.46. The van der Waals surface area contributed by atoms with E-state index in [1.54, 1.807) is 0 Å². The number of aliphatic carboxylic acids is 1. The summed E-state index contributed by atoms with van der Waals surface area (Å²) < 4.78 is 18.9. The van der Waals surface area contributed by atoms with Gasteiger partial charge in [-0.3, -0.25) is 4.79 Å². The molecule has 0 aromatic heterocycles. The van der Waals surface area contributed by atoms with Crippen molar-refractivity contribution in [1.29, 1.82) is 0 Å². The molecule has 0 spiro atoms. The number of hydrogen-bond donors (Lipinski definition) is 3. The molecule has 0 aliphatic carbocycles. The first kappa shape index (κ1) is 14.3. The Hall–Kier alpha value is -2.15. The zero-order valence-electron chi connectivity index (χ0n) is 10.9. The topological polar surface area (TPSA) is 87.7 Å². The summed E-state index contributed by atoms with van der Waals surface area (Å²) in [7, 11) is 1.41. The molecule has 1 fully saturated rings. The highest BCUT2D eigenvalue weighted by molar-refractivity contribution is 5.94. The van der Waals surface area contributed by atoms with Gasteiger partial charge in [-0.25, -0.2) is 9.18 Å². The van der Waals surface area contributed by atoms with E-state index < -0.39 is 23.2 Å². The monoisotopic (exact) mass is 282 g/mol. The molecule has 2 rings (SSSR count). The van der Waals surface area contributed by atoms with Crippen molar-refractivity contribution in [2.45, 2.75) is 12.0 Å². The van der Waals surface area contributed by atoms with E-state index in [0.717, 1.165) is 6.07 Å². The van der Waals surface area contributed by atoms with Gasteiger partial charge in [0, 0.05) is 25.8 Å². The summed E-state index contributed by atoms with van der Waals surface area (Å²) in [5.41, 5.74) is -1.05. The molecule has 1 heterocycles. The Bertz CT molecular complexity index is 541. The largest absolute Gasteiger partial charge is 0.479 e. The Morgan fingerprint density at radius 3 is 2.70 bits per heavy atom. The predicted molar refractivity (Wildman–Crippen MR) is 69.2 cm³/mol. The van der Waals surface area contributed by atoms with E-state index in [0.29, 0.717) is 18.7 Å². The number of hydrogen-bond acceptors (Lipinski definition) is 4. The van der Waals surface area contributed by atoms with Crippen LogP contribution in [0.3, 0.4) is 0 Å². The van der Waals surface area contributed by atoms with Crippen LogP contribution in [0.4, 0.5) is 10.1 Å². The molecule has 1 aromatic carbocycles. The molecular weight excluding hydrogens is 267 g/mol. The minimum absolute atomic E-state index is 0.0150. The first-order valence-corrected chi connectivity index (χ1v) is 6.09. The average Bonchev–Trinajstić information content (AvgIpc) is 2.88. The number of rotatable bonds is 4. The van der Waals surface area contributed by atoms with Crippen molar-refractivity contribution in [2.75, 3.05) is 25.6 Å². The molecule has 0 saturated carbocycles. The third-order valence-corrected chi connectivity index (χ3v) is 3.26. The lowest BCUT2D eigenvalue weighted by molar-refractivity contribution is -0.142. The molecule has 0 radical (unpaired) electrons. The zero-order chi connectivity index (χ0) is 14.8. The quantitative estimate of drug-likeness (QED) is 0.761. The van der Waals surface area contributed by atoms with Crippen LogP contribution in [0.5, 0.6) is 0 Å². The minimum atomic E-state index is -1.25. The number of carbonyl (C=O) groups is 2. The second-order valence-electron chi connectivity index (χ2n) is 4.59. The van der Waals surface area contributed by atoms with Crippen LogP contribution in [-0.2, 0) is 9.53 Å². The van der Waals surface area contributed by atoms with E-state index in [1.165, 1.54) is 19.2 Å². The predicted octanol–water partition coefficient (Wildman–Crippen LogP) is 0.841. The molecule has 1 saturated heterocycles. The molecule has 0 bridgehead atoms. The highest BCUT2D eigenvalue weighted by atomic mass is 19.1. The summed E-state index contributed by atoms with van der Waals surface area (Å²) in [5.74, 6) is -2.30. The number of carboxylic acid groups (broad SMARTS) is 1. The van der Waals surface area contributed by atoms with Gasteiger partial charge in [0.2, 0.25) is 0 Å². The van der Waals surface area contributed by atoms with Crippen molar-refractivity contribution in [2.24, 2.45) is 0 Å². The number of benzene rings is 1. The number of nitrogens with one attached hydrogen (secondary N) is 2. The molecule has 1 amide bonds. The smallest absolute Gasteiger partial charge is 0.331 e. The molecule has 7 heteroatoms. The van der Waals surface area contributed by atoms with Crippen molar-refractivity contribution in [1.82, 2.24) is 5.32 Å². The molecule has 1 aromatic rings. The number of halogens is 1. The van der Waals surface area contributed by atoms with Crippen LogP contribution in [-0.4, -0.2) is 42.8 Å². The number of carbonyl (C=O) groups excluding carboxylic acids is 1. The lowest BCUT2D eigenvalue weighted by atomic mass is 9.98. The van der Waals surface area contributed by atoms with Crippen LogP contribution in [0, 0.1) is 5.82 Å². The molecule has 0 unspecified atom stereocenters. The van der Waals surface area contributed by atoms with E-state index in [9.17, 15) is 19.1 Å². The van der Waals surface area contributed by atoms with Crippen molar-refractivity contribution in [3.8, 4) is 0 Å². The maximum atomic E-state index is 13.8. The van der Waals surface area contributed by atoms with Crippen LogP contribution < -0.4 is 10.6 Å². The minimum Gasteiger partial charge on any atom is -0.479 e. The standard InChI is InChI=1S/C13H15FN2O4/c1-15-11(17)9-3-2-8(6-10(9)14)16-13(12(18)19)4-5-20-7-13/h2-3,6,16H,4-5,7H2,1H3,(H,15,17)(H,18,19)/t13-/m1/s1. The fourth-order valence-electron chi connectivity index (χ4n) is 2.07. The number of anilines is 1. The summed E-state index contributed by atoms with van der Waals surface area (Å²) in [6.07, 6.45) is 0.293. The van der Waals surface area contributed by atoms with Crippen LogP contribution in [0.1, 0.15) is 16.8 Å². The Morgan fingerprint density at radius 1 is 1.45 bits per heavy atom. The van der Waals surface area contributed by atoms with Crippen molar-refractivity contribution < 1.29 is 23.8 Å². The third-order valence-electron chi connectivity index (χ3n) is 3.26. The maximum Gasteiger partial charge on any atom is 0.331 e. The van der Waals surface area contributed by atoms with Gasteiger partial charge in [-0.2, -0.15) is 0 Å². The molecular formula is C13H15FN2O4. The first-order chi connectivity index (χ1) is 9.48. The van der Waals surface area contributed by atoms with Gasteiger partial charge >= 0.3 is 5.97 Å². The van der Waals surface area contributed by atoms with Crippen LogP contribution >= 0.6 is 0 Å². The first-order valence-electron chi connectivity index (χ1n) is 6.09. The third kappa shape index (κ3) is 2.57. The highest BCUT2D eigenvalue weighted by Gasteiger charge is 2.42. The highest BCUT2D eigenvalue weighted by Crippen LogP contribution is 2.26. The Kier molecular flexibility index (Phi) is 3.89. The molecule has 108 valence electrons. The summed E-state index contributed by atoms with van der Waals surface area (Å²) in [6.45, 7) is 0.346. The van der Waals surface area contributed by atoms with Crippen LogP contribution in [0.25, 0.3) is 0 Å². The lowest BCUT2D eigenvalue weighted by Gasteiger charge is -2.25. The van der Waals surface area contributed by atoms with E-state index in [2.05, 4.69) is 10.6 Å². The van der Waals surface area contributed by atoms with Gasteiger partial charge in [0.05, 0.1) is 12.2 Å². The number of amides is 1. The zero-order valence-corrected chi connectivity index (χ0v) is 10.9. The van der Waals surface area contributed by atoms with Gasteiger partial charge in [-0.05, 0) is 18.2 Å².